The molecule has 0 bridgehead atoms. The molecule has 0 unspecified atom stereocenters. The second-order valence-electron chi connectivity index (χ2n) is 2.93. The van der Waals surface area contributed by atoms with E-state index in [1.165, 1.54) is 0 Å². The lowest BCUT2D eigenvalue weighted by Gasteiger charge is -1.97. The molecule has 2 heteroatoms. The van der Waals surface area contributed by atoms with Gasteiger partial charge in [0.05, 0.1) is 0 Å². The number of hydrogen-bond donors (Lipinski definition) is 0. The van der Waals surface area contributed by atoms with Gasteiger partial charge in [0.25, 0.3) is 6.26 Å². The molecule has 0 spiro atoms. The van der Waals surface area contributed by atoms with Crippen molar-refractivity contribution in [3.8, 4) is 12.0 Å². The maximum atomic E-state index is 8.50. The molecule has 0 amide bonds. The minimum absolute atomic E-state index is 0.596. The van der Waals surface area contributed by atoms with E-state index in [0.717, 1.165) is 10.4 Å². The van der Waals surface area contributed by atoms with Crippen molar-refractivity contribution in [2.45, 2.75) is 13.8 Å². The van der Waals surface area contributed by atoms with Gasteiger partial charge < -0.3 is 4.74 Å². The molecule has 1 rings (SSSR count). The van der Waals surface area contributed by atoms with Gasteiger partial charge >= 0.3 is 0 Å². The average molecular weight is 199 g/mol. The fourth-order valence-corrected chi connectivity index (χ4v) is 1.35. The Morgan fingerprint density at radius 2 is 2.13 bits per heavy atom. The van der Waals surface area contributed by atoms with Crippen LogP contribution in [0, 0.1) is 11.5 Å². The molecule has 76 valence electrons. The van der Waals surface area contributed by atoms with Crippen molar-refractivity contribution in [3.63, 3.8) is 0 Å². The highest BCUT2D eigenvalue weighted by Crippen LogP contribution is 1.98. The Morgan fingerprint density at radius 3 is 2.73 bits per heavy atom. The quantitative estimate of drug-likeness (QED) is 0.679. The van der Waals surface area contributed by atoms with E-state index in [1.807, 2.05) is 50.3 Å². The highest BCUT2D eigenvalue weighted by Gasteiger charge is 1.95. The summed E-state index contributed by atoms with van der Waals surface area (Å²) in [6.07, 6.45) is 9.52. The molecule has 0 aliphatic heterocycles. The molecule has 0 radical (unpaired) electrons. The summed E-state index contributed by atoms with van der Waals surface area (Å²) < 4.78 is 4.88. The van der Waals surface area contributed by atoms with Crippen LogP contribution in [0.5, 0.6) is 5.75 Å². The third-order valence-electron chi connectivity index (χ3n) is 2.01. The first kappa shape index (κ1) is 11.1. The van der Waals surface area contributed by atoms with Gasteiger partial charge in [-0.3, -0.25) is 0 Å². The summed E-state index contributed by atoms with van der Waals surface area (Å²) in [5.41, 5.74) is 0. The van der Waals surface area contributed by atoms with Gasteiger partial charge in [0, 0.05) is 5.22 Å². The lowest BCUT2D eigenvalue weighted by Crippen LogP contribution is -2.25. The van der Waals surface area contributed by atoms with E-state index in [2.05, 4.69) is 0 Å². The third-order valence-corrected chi connectivity index (χ3v) is 2.01. The van der Waals surface area contributed by atoms with Crippen LogP contribution in [0.3, 0.4) is 0 Å². The van der Waals surface area contributed by atoms with Crippen LogP contribution in [0.1, 0.15) is 13.8 Å². The molecule has 0 heterocycles. The van der Waals surface area contributed by atoms with E-state index >= 15 is 0 Å². The highest BCUT2D eigenvalue weighted by molar-refractivity contribution is 5.43. The topological polar surface area (TPSA) is 33.0 Å². The lowest BCUT2D eigenvalue weighted by molar-refractivity contribution is 0.502. The molecule has 0 N–H and O–H groups in total. The molecule has 0 saturated carbocycles. The minimum Gasteiger partial charge on any atom is -0.387 e. The summed E-state index contributed by atoms with van der Waals surface area (Å²) in [7, 11) is 0. The Morgan fingerprint density at radius 1 is 1.33 bits per heavy atom. The molecule has 0 aliphatic rings. The molecule has 1 aromatic carbocycles. The van der Waals surface area contributed by atoms with Crippen molar-refractivity contribution in [2.24, 2.45) is 0 Å². The molecular weight excluding hydrogens is 186 g/mol. The monoisotopic (exact) mass is 199 g/mol. The minimum atomic E-state index is 0.596. The number of benzene rings is 1. The average Bonchev–Trinajstić information content (AvgIpc) is 2.27. The molecule has 0 aliphatic carbocycles. The number of nitrogens with zero attached hydrogens (tertiary/aromatic N) is 1. The molecule has 1 aromatic rings. The van der Waals surface area contributed by atoms with Crippen LogP contribution in [0.15, 0.2) is 30.4 Å². The van der Waals surface area contributed by atoms with E-state index in [1.54, 1.807) is 12.3 Å². The Kier molecular flexibility index (Phi) is 4.18. The Balaban J connectivity index is 3.44. The van der Waals surface area contributed by atoms with E-state index in [0.29, 0.717) is 5.75 Å². The van der Waals surface area contributed by atoms with Crippen molar-refractivity contribution in [1.29, 1.82) is 5.26 Å². The van der Waals surface area contributed by atoms with E-state index in [4.69, 9.17) is 10.00 Å². The first-order valence-corrected chi connectivity index (χ1v) is 4.77. The Bertz CT molecular complexity index is 506. The number of nitriles is 1. The van der Waals surface area contributed by atoms with Gasteiger partial charge in [-0.2, -0.15) is 0 Å². The number of allylic oxidation sites excluding steroid dienone is 2. The van der Waals surface area contributed by atoms with Crippen molar-refractivity contribution < 1.29 is 4.74 Å². The van der Waals surface area contributed by atoms with E-state index in [9.17, 15) is 0 Å². The van der Waals surface area contributed by atoms with Crippen LogP contribution in [0.25, 0.3) is 12.2 Å². The number of rotatable bonds is 2. The van der Waals surface area contributed by atoms with E-state index in [-0.39, 0.29) is 0 Å². The van der Waals surface area contributed by atoms with Crippen LogP contribution >= 0.6 is 0 Å². The van der Waals surface area contributed by atoms with Crippen molar-refractivity contribution >= 4 is 12.2 Å². The second-order valence-corrected chi connectivity index (χ2v) is 2.93. The van der Waals surface area contributed by atoms with Gasteiger partial charge in [-0.15, -0.1) is 5.26 Å². The summed E-state index contributed by atoms with van der Waals surface area (Å²) in [5.74, 6) is 0.596. The first-order valence-electron chi connectivity index (χ1n) is 4.77. The molecule has 0 fully saturated rings. The normalized spacial score (nSPS) is 13.1. The summed E-state index contributed by atoms with van der Waals surface area (Å²) in [6.45, 7) is 3.88. The van der Waals surface area contributed by atoms with Gasteiger partial charge in [-0.25, -0.2) is 0 Å². The van der Waals surface area contributed by atoms with Crippen LogP contribution in [0.4, 0.5) is 0 Å². The molecule has 0 saturated heterocycles. The fraction of sp³-hybridized carbons (Fsp3) is 0.154. The molecular formula is C13H13NO. The van der Waals surface area contributed by atoms with Gasteiger partial charge in [-0.05, 0) is 25.1 Å². The zero-order chi connectivity index (χ0) is 11.1. The predicted molar refractivity (Wildman–Crippen MR) is 61.4 cm³/mol. The van der Waals surface area contributed by atoms with Crippen LogP contribution in [-0.2, 0) is 0 Å². The fourth-order valence-electron chi connectivity index (χ4n) is 1.35. The van der Waals surface area contributed by atoms with Crippen molar-refractivity contribution in [2.75, 3.05) is 0 Å². The van der Waals surface area contributed by atoms with Crippen LogP contribution in [0.2, 0.25) is 0 Å². The SMILES string of the molecule is C\C=C/C=c1/cccc(OC#N)/c1=C/C. The summed E-state index contributed by atoms with van der Waals surface area (Å²) >= 11 is 0. The highest BCUT2D eigenvalue weighted by atomic mass is 16.5. The second kappa shape index (κ2) is 5.66. The maximum Gasteiger partial charge on any atom is 0.292 e. The Hall–Kier alpha value is -2.01. The number of ether oxygens (including phenoxy) is 1. The molecule has 15 heavy (non-hydrogen) atoms. The van der Waals surface area contributed by atoms with Crippen molar-refractivity contribution in [3.05, 3.63) is 40.8 Å². The summed E-state index contributed by atoms with van der Waals surface area (Å²) in [4.78, 5) is 0. The van der Waals surface area contributed by atoms with Crippen LogP contribution < -0.4 is 15.2 Å². The smallest absolute Gasteiger partial charge is 0.292 e. The van der Waals surface area contributed by atoms with E-state index < -0.39 is 0 Å². The predicted octanol–water partition coefficient (Wildman–Crippen LogP) is 1.70. The van der Waals surface area contributed by atoms with Crippen molar-refractivity contribution in [1.82, 2.24) is 0 Å². The maximum absolute atomic E-state index is 8.50. The van der Waals surface area contributed by atoms with Gasteiger partial charge in [0.15, 0.2) is 0 Å². The summed E-state index contributed by atoms with van der Waals surface area (Å²) in [6, 6.07) is 5.64. The molecule has 2 nitrogen and oxygen atoms in total. The molecule has 0 aromatic heterocycles. The zero-order valence-corrected chi connectivity index (χ0v) is 8.90. The standard InChI is InChI=1S/C13H13NO/c1-3-5-7-11-8-6-9-13(15-10-14)12(11)4-2/h3-9H,1-2H3/b5-3-,11-7-,12-4+. The Labute approximate surface area is 89.4 Å². The lowest BCUT2D eigenvalue weighted by atomic mass is 10.2. The molecule has 0 atom stereocenters. The number of hydrogen-bond acceptors (Lipinski definition) is 2. The van der Waals surface area contributed by atoms with Gasteiger partial charge in [0.1, 0.15) is 5.75 Å². The van der Waals surface area contributed by atoms with Crippen LogP contribution in [-0.4, -0.2) is 0 Å². The van der Waals surface area contributed by atoms with Gasteiger partial charge in [0.2, 0.25) is 0 Å². The first-order chi connectivity index (χ1) is 7.33. The largest absolute Gasteiger partial charge is 0.387 e. The summed E-state index contributed by atoms with van der Waals surface area (Å²) in [5, 5.41) is 10.5. The third kappa shape index (κ3) is 2.72. The van der Waals surface area contributed by atoms with Gasteiger partial charge in [-0.1, -0.05) is 36.4 Å². The zero-order valence-electron chi connectivity index (χ0n) is 8.90.